The number of hydrogen-bond donors (Lipinski definition) is 5. The van der Waals surface area contributed by atoms with E-state index in [1.54, 1.807) is 0 Å². The lowest BCUT2D eigenvalue weighted by Gasteiger charge is -2.16. The SMILES string of the molecule is Nc1nc(=S)n(C2O[C@H](CO)[C@@H](O)[C@H]2O)c(=O)[nH]1. The molecule has 0 amide bonds. The van der Waals surface area contributed by atoms with Gasteiger partial charge in [-0.15, -0.1) is 0 Å². The van der Waals surface area contributed by atoms with E-state index in [0.717, 1.165) is 4.57 Å². The number of aliphatic hydroxyl groups excluding tert-OH is 3. The molecule has 10 heteroatoms. The van der Waals surface area contributed by atoms with Crippen LogP contribution in [0.25, 0.3) is 0 Å². The summed E-state index contributed by atoms with van der Waals surface area (Å²) in [7, 11) is 0. The van der Waals surface area contributed by atoms with Crippen molar-refractivity contribution in [1.82, 2.24) is 14.5 Å². The van der Waals surface area contributed by atoms with Crippen LogP contribution in [0.1, 0.15) is 6.23 Å². The Morgan fingerprint density at radius 1 is 1.50 bits per heavy atom. The smallest absolute Gasteiger partial charge is 0.332 e. The maximum Gasteiger partial charge on any atom is 0.332 e. The number of anilines is 1. The highest BCUT2D eigenvalue weighted by Gasteiger charge is 2.44. The molecule has 9 nitrogen and oxygen atoms in total. The average Bonchev–Trinajstić information content (AvgIpc) is 2.56. The summed E-state index contributed by atoms with van der Waals surface area (Å²) in [6.07, 6.45) is -4.94. The van der Waals surface area contributed by atoms with Crippen LogP contribution in [-0.2, 0) is 4.74 Å². The number of nitrogens with two attached hydrogens (primary N) is 1. The number of aliphatic hydroxyl groups is 3. The molecule has 0 aromatic carbocycles. The highest BCUT2D eigenvalue weighted by Crippen LogP contribution is 2.28. The molecule has 1 aromatic heterocycles. The number of ether oxygens (including phenoxy) is 1. The van der Waals surface area contributed by atoms with Crippen molar-refractivity contribution in [3.05, 3.63) is 15.3 Å². The standard InChI is InChI=1S/C8H12N4O5S/c9-6-10-7(16)12(8(18)11-6)5-4(15)3(14)2(1-13)17-5/h2-5,13-15H,1H2,(H3,9,10,11,16,18)/t2-,3-,4-,5?/m1/s1. The molecule has 0 spiro atoms. The summed E-state index contributed by atoms with van der Waals surface area (Å²) < 4.78 is 5.84. The zero-order valence-electron chi connectivity index (χ0n) is 9.05. The molecule has 1 fully saturated rings. The van der Waals surface area contributed by atoms with Crippen LogP contribution in [0, 0.1) is 4.77 Å². The fourth-order valence-corrected chi connectivity index (χ4v) is 2.04. The van der Waals surface area contributed by atoms with Crippen LogP contribution < -0.4 is 11.4 Å². The number of H-pyrrole nitrogens is 1. The highest BCUT2D eigenvalue weighted by molar-refractivity contribution is 7.71. The van der Waals surface area contributed by atoms with Crippen LogP contribution in [0.15, 0.2) is 4.79 Å². The van der Waals surface area contributed by atoms with Gasteiger partial charge in [0.2, 0.25) is 10.7 Å². The Bertz CT molecular complexity index is 526. The fourth-order valence-electron chi connectivity index (χ4n) is 1.76. The maximum absolute atomic E-state index is 11.7. The summed E-state index contributed by atoms with van der Waals surface area (Å²) in [5, 5.41) is 28.3. The minimum absolute atomic E-state index is 0.159. The van der Waals surface area contributed by atoms with Gasteiger partial charge in [-0.05, 0) is 12.2 Å². The Hall–Kier alpha value is -1.33. The zero-order valence-corrected chi connectivity index (χ0v) is 9.87. The molecule has 2 heterocycles. The number of nitrogens with zero attached hydrogens (tertiary/aromatic N) is 2. The first kappa shape index (κ1) is 13.1. The van der Waals surface area contributed by atoms with Gasteiger partial charge in [0, 0.05) is 0 Å². The maximum atomic E-state index is 11.7. The van der Waals surface area contributed by atoms with Crippen LogP contribution in [0.4, 0.5) is 5.95 Å². The van der Waals surface area contributed by atoms with E-state index in [0.29, 0.717) is 0 Å². The van der Waals surface area contributed by atoms with Crippen LogP contribution >= 0.6 is 12.2 Å². The van der Waals surface area contributed by atoms with Gasteiger partial charge >= 0.3 is 5.69 Å². The van der Waals surface area contributed by atoms with Crippen molar-refractivity contribution in [2.45, 2.75) is 24.5 Å². The van der Waals surface area contributed by atoms with Gasteiger partial charge in [0.1, 0.15) is 18.3 Å². The predicted molar refractivity (Wildman–Crippen MR) is 61.1 cm³/mol. The Kier molecular flexibility index (Phi) is 3.45. The third-order valence-corrected chi connectivity index (χ3v) is 2.94. The van der Waals surface area contributed by atoms with Gasteiger partial charge in [0.05, 0.1) is 6.61 Å². The molecule has 18 heavy (non-hydrogen) atoms. The van der Waals surface area contributed by atoms with Crippen molar-refractivity contribution < 1.29 is 20.1 Å². The minimum atomic E-state index is -1.40. The van der Waals surface area contributed by atoms with Crippen molar-refractivity contribution in [3.8, 4) is 0 Å². The summed E-state index contributed by atoms with van der Waals surface area (Å²) in [5.74, 6) is -0.159. The molecule has 0 aliphatic carbocycles. The molecular weight excluding hydrogens is 264 g/mol. The quantitative estimate of drug-likeness (QED) is 0.372. The predicted octanol–water partition coefficient (Wildman–Crippen LogP) is -2.51. The second-order valence-corrected chi connectivity index (χ2v) is 4.17. The molecule has 1 aromatic rings. The van der Waals surface area contributed by atoms with Crippen LogP contribution in [0.5, 0.6) is 0 Å². The topological polar surface area (TPSA) is 147 Å². The lowest BCUT2D eigenvalue weighted by molar-refractivity contribution is -0.0561. The van der Waals surface area contributed by atoms with Crippen molar-refractivity contribution in [1.29, 1.82) is 0 Å². The van der Waals surface area contributed by atoms with Gasteiger partial charge < -0.3 is 25.8 Å². The van der Waals surface area contributed by atoms with E-state index in [-0.39, 0.29) is 10.7 Å². The van der Waals surface area contributed by atoms with Crippen LogP contribution in [0.2, 0.25) is 0 Å². The van der Waals surface area contributed by atoms with Gasteiger partial charge in [-0.25, -0.2) is 9.36 Å². The van der Waals surface area contributed by atoms with E-state index < -0.39 is 36.8 Å². The molecule has 1 aliphatic heterocycles. The van der Waals surface area contributed by atoms with Gasteiger partial charge in [-0.3, -0.25) is 4.98 Å². The Labute approximate surface area is 105 Å². The van der Waals surface area contributed by atoms with Gasteiger partial charge in [-0.2, -0.15) is 4.98 Å². The van der Waals surface area contributed by atoms with Crippen molar-refractivity contribution >= 4 is 18.2 Å². The molecule has 1 unspecified atom stereocenters. The number of rotatable bonds is 2. The molecule has 1 aliphatic rings. The lowest BCUT2D eigenvalue weighted by atomic mass is 10.1. The summed E-state index contributed by atoms with van der Waals surface area (Å²) in [4.78, 5) is 17.5. The molecule has 100 valence electrons. The van der Waals surface area contributed by atoms with Crippen LogP contribution in [-0.4, -0.2) is 54.8 Å². The molecule has 1 saturated heterocycles. The van der Waals surface area contributed by atoms with E-state index >= 15 is 0 Å². The van der Waals surface area contributed by atoms with Gasteiger partial charge in [0.25, 0.3) is 0 Å². The second kappa shape index (κ2) is 4.74. The molecule has 6 N–H and O–H groups in total. The van der Waals surface area contributed by atoms with E-state index in [4.69, 9.17) is 27.8 Å². The molecule has 0 bridgehead atoms. The van der Waals surface area contributed by atoms with Crippen LogP contribution in [0.3, 0.4) is 0 Å². The third-order valence-electron chi connectivity index (χ3n) is 2.65. The number of aromatic amines is 1. The summed E-state index contributed by atoms with van der Waals surface area (Å²) in [5.41, 5.74) is 4.58. The van der Waals surface area contributed by atoms with E-state index in [9.17, 15) is 15.0 Å². The van der Waals surface area contributed by atoms with E-state index in [1.807, 2.05) is 0 Å². The first-order valence-electron chi connectivity index (χ1n) is 5.06. The Balaban J connectivity index is 2.45. The second-order valence-electron chi connectivity index (χ2n) is 3.81. The van der Waals surface area contributed by atoms with Crippen molar-refractivity contribution in [2.24, 2.45) is 0 Å². The molecule has 0 saturated carbocycles. The fraction of sp³-hybridized carbons (Fsp3) is 0.625. The molecule has 0 radical (unpaired) electrons. The summed E-state index contributed by atoms with van der Waals surface area (Å²) in [6, 6.07) is 0. The van der Waals surface area contributed by atoms with Gasteiger partial charge in [0.15, 0.2) is 6.23 Å². The Morgan fingerprint density at radius 2 is 2.17 bits per heavy atom. The Morgan fingerprint density at radius 3 is 2.67 bits per heavy atom. The summed E-state index contributed by atoms with van der Waals surface area (Å²) in [6.45, 7) is -0.498. The highest BCUT2D eigenvalue weighted by atomic mass is 32.1. The molecule has 4 atom stereocenters. The monoisotopic (exact) mass is 276 g/mol. The third kappa shape index (κ3) is 2.04. The number of nitrogen functional groups attached to an aromatic ring is 1. The number of nitrogens with one attached hydrogen (secondary N) is 1. The summed E-state index contributed by atoms with van der Waals surface area (Å²) >= 11 is 4.85. The zero-order chi connectivity index (χ0) is 13.4. The largest absolute Gasteiger partial charge is 0.394 e. The lowest BCUT2D eigenvalue weighted by Crippen LogP contribution is -2.37. The first-order chi connectivity index (χ1) is 8.45. The molecule has 2 rings (SSSR count). The van der Waals surface area contributed by atoms with E-state index in [2.05, 4.69) is 9.97 Å². The van der Waals surface area contributed by atoms with E-state index in [1.165, 1.54) is 0 Å². The average molecular weight is 276 g/mol. The molecular formula is C8H12N4O5S. The number of hydrogen-bond acceptors (Lipinski definition) is 8. The van der Waals surface area contributed by atoms with Crippen molar-refractivity contribution in [2.75, 3.05) is 12.3 Å². The first-order valence-corrected chi connectivity index (χ1v) is 5.47. The number of aromatic nitrogens is 3. The normalized spacial score (nSPS) is 31.7. The minimum Gasteiger partial charge on any atom is -0.394 e. The van der Waals surface area contributed by atoms with Crippen molar-refractivity contribution in [3.63, 3.8) is 0 Å². The van der Waals surface area contributed by atoms with Gasteiger partial charge in [-0.1, -0.05) is 0 Å².